The van der Waals surface area contributed by atoms with Gasteiger partial charge in [0.2, 0.25) is 0 Å². The summed E-state index contributed by atoms with van der Waals surface area (Å²) in [5.74, 6) is -0.681. The Kier molecular flexibility index (Phi) is 6.08. The smallest absolute Gasteiger partial charge is 0.328 e. The number of fused-ring (bicyclic) bond motifs is 1. The number of hydrogen-bond donors (Lipinski definition) is 0. The van der Waals surface area contributed by atoms with Crippen LogP contribution in [0.5, 0.6) is 0 Å². The van der Waals surface area contributed by atoms with E-state index >= 15 is 0 Å². The van der Waals surface area contributed by atoms with E-state index < -0.39 is 0 Å². The maximum atomic E-state index is 13.9. The van der Waals surface area contributed by atoms with Gasteiger partial charge >= 0.3 is 5.69 Å². The number of rotatable bonds is 5. The largest absolute Gasteiger partial charge is 0.368 e. The number of nitrogens with zero attached hydrogens (tertiary/aromatic N) is 6. The summed E-state index contributed by atoms with van der Waals surface area (Å²) in [6, 6.07) is 13.3. The van der Waals surface area contributed by atoms with Gasteiger partial charge in [0.25, 0.3) is 11.8 Å². The number of carbonyl (C=O) groups excluding carboxylic acids is 2. The van der Waals surface area contributed by atoms with Crippen LogP contribution < -0.4 is 15.5 Å². The number of anilines is 2. The van der Waals surface area contributed by atoms with E-state index in [0.29, 0.717) is 22.3 Å². The van der Waals surface area contributed by atoms with Crippen LogP contribution in [0.2, 0.25) is 0 Å². The molecule has 0 bridgehead atoms. The lowest BCUT2D eigenvalue weighted by Gasteiger charge is -2.37. The first kappa shape index (κ1) is 25.3. The lowest BCUT2D eigenvalue weighted by molar-refractivity contribution is 0.0893. The van der Waals surface area contributed by atoms with Crippen LogP contribution in [-0.4, -0.2) is 84.1 Å². The van der Waals surface area contributed by atoms with E-state index in [1.54, 1.807) is 29.3 Å². The second-order valence-corrected chi connectivity index (χ2v) is 11.0. The molecule has 1 fully saturated rings. The molecule has 2 aliphatic heterocycles. The maximum Gasteiger partial charge on any atom is 0.328 e. The molecule has 0 N–H and O–H groups in total. The van der Waals surface area contributed by atoms with Gasteiger partial charge < -0.3 is 9.80 Å². The molecule has 0 radical (unpaired) electrons. The van der Waals surface area contributed by atoms with Crippen molar-refractivity contribution in [2.24, 2.45) is 14.1 Å². The first-order valence-electron chi connectivity index (χ1n) is 13.4. The maximum absolute atomic E-state index is 13.9. The number of hydrogen-bond acceptors (Lipinski definition) is 6. The lowest BCUT2D eigenvalue weighted by Crippen LogP contribution is -2.48. The quantitative estimate of drug-likeness (QED) is 0.373. The summed E-state index contributed by atoms with van der Waals surface area (Å²) in [4.78, 5) is 48.7. The SMILES string of the molecule is Cc1cc2c(cc1N1C(=O)c3cccc4c(N5CCN(CCN(C)C)CC5)ccc(c34)C1=O)n(C)c(=O)n2C. The molecule has 2 aliphatic rings. The Balaban J connectivity index is 1.38. The lowest BCUT2D eigenvalue weighted by atomic mass is 9.92. The summed E-state index contributed by atoms with van der Waals surface area (Å²) in [5, 5.41) is 1.66. The van der Waals surface area contributed by atoms with Gasteiger partial charge in [0.1, 0.15) is 0 Å². The first-order valence-corrected chi connectivity index (χ1v) is 13.4. The fourth-order valence-corrected chi connectivity index (χ4v) is 6.01. The molecule has 0 spiro atoms. The molecule has 0 unspecified atom stereocenters. The normalized spacial score (nSPS) is 16.4. The van der Waals surface area contributed by atoms with E-state index in [2.05, 4.69) is 28.8 Å². The van der Waals surface area contributed by atoms with Crippen molar-refractivity contribution < 1.29 is 9.59 Å². The minimum absolute atomic E-state index is 0.154. The van der Waals surface area contributed by atoms with Crippen molar-refractivity contribution >= 4 is 45.0 Å². The van der Waals surface area contributed by atoms with E-state index in [9.17, 15) is 14.4 Å². The van der Waals surface area contributed by atoms with Crippen LogP contribution in [0.25, 0.3) is 21.8 Å². The summed E-state index contributed by atoms with van der Waals surface area (Å²) in [6.45, 7) is 7.70. The number of carbonyl (C=O) groups is 2. The summed E-state index contributed by atoms with van der Waals surface area (Å²) >= 11 is 0. The van der Waals surface area contributed by atoms with Gasteiger partial charge in [-0.15, -0.1) is 0 Å². The molecule has 6 rings (SSSR count). The van der Waals surface area contributed by atoms with Crippen molar-refractivity contribution in [1.29, 1.82) is 0 Å². The first-order chi connectivity index (χ1) is 18.7. The molecule has 202 valence electrons. The number of imide groups is 1. The Bertz CT molecular complexity index is 1690. The van der Waals surface area contributed by atoms with Crippen LogP contribution in [0.4, 0.5) is 11.4 Å². The molecule has 0 atom stereocenters. The van der Waals surface area contributed by atoms with Crippen molar-refractivity contribution in [1.82, 2.24) is 18.9 Å². The third kappa shape index (κ3) is 3.95. The molecule has 0 aliphatic carbocycles. The van der Waals surface area contributed by atoms with Crippen molar-refractivity contribution in [3.63, 3.8) is 0 Å². The summed E-state index contributed by atoms with van der Waals surface area (Å²) in [5.41, 5.74) is 4.64. The molecule has 2 amide bonds. The van der Waals surface area contributed by atoms with Crippen LogP contribution in [0.15, 0.2) is 47.3 Å². The highest BCUT2D eigenvalue weighted by atomic mass is 16.2. The number of imidazole rings is 1. The predicted octanol–water partition coefficient (Wildman–Crippen LogP) is 2.82. The molecule has 0 saturated carbocycles. The van der Waals surface area contributed by atoms with Crippen LogP contribution in [0, 0.1) is 6.92 Å². The second-order valence-electron chi connectivity index (χ2n) is 11.0. The molecular formula is C30H34N6O3. The van der Waals surface area contributed by atoms with E-state index in [1.807, 2.05) is 43.3 Å². The molecule has 4 aromatic rings. The van der Waals surface area contributed by atoms with Crippen molar-refractivity contribution in [2.45, 2.75) is 6.92 Å². The Morgan fingerprint density at radius 3 is 2.10 bits per heavy atom. The van der Waals surface area contributed by atoms with Gasteiger partial charge in [0, 0.05) is 81.0 Å². The van der Waals surface area contributed by atoms with Crippen molar-refractivity contribution in [2.75, 3.05) is 63.2 Å². The number of likely N-dealkylation sites (N-methyl/N-ethyl adjacent to an activating group) is 1. The average molecular weight is 527 g/mol. The number of aromatic nitrogens is 2. The van der Waals surface area contributed by atoms with Crippen LogP contribution in [-0.2, 0) is 14.1 Å². The second kappa shape index (κ2) is 9.36. The van der Waals surface area contributed by atoms with Crippen LogP contribution >= 0.6 is 0 Å². The molecule has 3 heterocycles. The van der Waals surface area contributed by atoms with Crippen molar-refractivity contribution in [3.8, 4) is 0 Å². The Morgan fingerprint density at radius 2 is 1.44 bits per heavy atom. The molecule has 9 heteroatoms. The van der Waals surface area contributed by atoms with Crippen LogP contribution in [0.3, 0.4) is 0 Å². The van der Waals surface area contributed by atoms with Gasteiger partial charge in [0.15, 0.2) is 0 Å². The zero-order valence-electron chi connectivity index (χ0n) is 23.2. The number of piperazine rings is 1. The Hall–Kier alpha value is -3.95. The number of aryl methyl sites for hydroxylation is 3. The minimum Gasteiger partial charge on any atom is -0.368 e. The van der Waals surface area contributed by atoms with Crippen molar-refractivity contribution in [3.05, 3.63) is 69.6 Å². The van der Waals surface area contributed by atoms with E-state index in [-0.39, 0.29) is 17.5 Å². The monoisotopic (exact) mass is 526 g/mol. The fourth-order valence-electron chi connectivity index (χ4n) is 6.01. The molecule has 1 saturated heterocycles. The van der Waals surface area contributed by atoms with Gasteiger partial charge in [-0.1, -0.05) is 12.1 Å². The van der Waals surface area contributed by atoms with Gasteiger partial charge in [-0.3, -0.25) is 23.6 Å². The van der Waals surface area contributed by atoms with E-state index in [4.69, 9.17) is 0 Å². The van der Waals surface area contributed by atoms with Gasteiger partial charge in [-0.25, -0.2) is 9.69 Å². The van der Waals surface area contributed by atoms with E-state index in [1.165, 1.54) is 4.90 Å². The highest BCUT2D eigenvalue weighted by Crippen LogP contribution is 2.39. The van der Waals surface area contributed by atoms with Gasteiger partial charge in [0.05, 0.1) is 16.7 Å². The summed E-state index contributed by atoms with van der Waals surface area (Å²) in [6.07, 6.45) is 0. The van der Waals surface area contributed by atoms with E-state index in [0.717, 1.165) is 66.8 Å². The third-order valence-corrected chi connectivity index (χ3v) is 8.29. The number of benzene rings is 3. The number of amides is 2. The predicted molar refractivity (Wildman–Crippen MR) is 155 cm³/mol. The molecule has 39 heavy (non-hydrogen) atoms. The van der Waals surface area contributed by atoms with Gasteiger partial charge in [-0.05, 0) is 56.9 Å². The molecular weight excluding hydrogens is 492 g/mol. The minimum atomic E-state index is -0.341. The molecule has 3 aromatic carbocycles. The topological polar surface area (TPSA) is 74.0 Å². The Labute approximate surface area is 227 Å². The fraction of sp³-hybridized carbons (Fsp3) is 0.367. The highest BCUT2D eigenvalue weighted by molar-refractivity contribution is 6.36. The highest BCUT2D eigenvalue weighted by Gasteiger charge is 2.36. The standard InChI is InChI=1S/C30H34N6O3/c1-19-17-25-26(33(5)30(39)32(25)4)18-24(19)36-28(37)21-8-6-7-20-23(10-9-22(27(20)21)29(36)38)35-15-13-34(14-16-35)12-11-31(2)3/h6-10,17-18H,11-16H2,1-5H3. The van der Waals surface area contributed by atoms with Gasteiger partial charge in [-0.2, -0.15) is 0 Å². The average Bonchev–Trinajstić information content (AvgIpc) is 3.13. The molecule has 1 aromatic heterocycles. The van der Waals surface area contributed by atoms with Crippen LogP contribution in [0.1, 0.15) is 26.3 Å². The third-order valence-electron chi connectivity index (χ3n) is 8.29. The summed E-state index contributed by atoms with van der Waals surface area (Å²) in [7, 11) is 7.61. The zero-order chi connectivity index (χ0) is 27.6. The Morgan fingerprint density at radius 1 is 0.795 bits per heavy atom. The summed E-state index contributed by atoms with van der Waals surface area (Å²) < 4.78 is 3.12. The zero-order valence-corrected chi connectivity index (χ0v) is 23.2. The molecule has 9 nitrogen and oxygen atoms in total.